The number of pyridine rings is 1. The Morgan fingerprint density at radius 3 is 2.71 bits per heavy atom. The monoisotopic (exact) mass is 320 g/mol. The number of hydrogen-bond donors (Lipinski definition) is 1. The molecule has 122 valence electrons. The first-order valence-electron chi connectivity index (χ1n) is 8.27. The lowest BCUT2D eigenvalue weighted by Gasteiger charge is -2.40. The first kappa shape index (κ1) is 15.0. The lowest BCUT2D eigenvalue weighted by atomic mass is 10.0. The Morgan fingerprint density at radius 1 is 1.08 bits per heavy atom. The molecule has 3 aromatic rings. The lowest BCUT2D eigenvalue weighted by molar-refractivity contribution is 0.0303. The number of H-pyrrole nitrogens is 1. The Kier molecular flexibility index (Phi) is 3.82. The van der Waals surface area contributed by atoms with E-state index in [0.717, 1.165) is 23.1 Å². The molecule has 4 heteroatoms. The second-order valence-corrected chi connectivity index (χ2v) is 6.32. The van der Waals surface area contributed by atoms with Gasteiger partial charge in [0.05, 0.1) is 24.3 Å². The molecule has 0 bridgehead atoms. The second kappa shape index (κ2) is 6.13. The van der Waals surface area contributed by atoms with E-state index in [1.165, 1.54) is 5.56 Å². The zero-order valence-electron chi connectivity index (χ0n) is 13.6. The zero-order valence-corrected chi connectivity index (χ0v) is 13.6. The average molecular weight is 320 g/mol. The predicted molar refractivity (Wildman–Crippen MR) is 96.5 cm³/mol. The molecule has 24 heavy (non-hydrogen) atoms. The van der Waals surface area contributed by atoms with E-state index < -0.39 is 0 Å². The van der Waals surface area contributed by atoms with E-state index in [1.807, 2.05) is 12.1 Å². The van der Waals surface area contributed by atoms with Crippen molar-refractivity contribution >= 4 is 16.6 Å². The van der Waals surface area contributed by atoms with Gasteiger partial charge in [-0.1, -0.05) is 36.4 Å². The van der Waals surface area contributed by atoms with Crippen LogP contribution in [0.4, 0.5) is 5.69 Å². The molecule has 4 rings (SSSR count). The standard InChI is InChI=1S/C20H20N2O2/c1-14-12-22(19(13-24-14)16-5-3-2-4-6-16)17-9-7-15-8-10-20(23)21-18(15)11-17/h2-11,14,19H,12-13H2,1H3,(H,21,23)/t14-,19+/m1/s1. The van der Waals surface area contributed by atoms with Crippen LogP contribution < -0.4 is 10.5 Å². The van der Waals surface area contributed by atoms with E-state index in [0.29, 0.717) is 6.61 Å². The number of nitrogens with one attached hydrogen (secondary N) is 1. The first-order valence-corrected chi connectivity index (χ1v) is 8.27. The molecule has 1 aliphatic heterocycles. The van der Waals surface area contributed by atoms with Crippen molar-refractivity contribution in [2.75, 3.05) is 18.1 Å². The maximum Gasteiger partial charge on any atom is 0.248 e. The SMILES string of the molecule is C[C@@H]1CN(c2ccc3ccc(=O)[nH]c3c2)[C@H](c2ccccc2)CO1. The third-order valence-corrected chi connectivity index (χ3v) is 4.59. The van der Waals surface area contributed by atoms with E-state index in [1.54, 1.807) is 6.07 Å². The van der Waals surface area contributed by atoms with Gasteiger partial charge in [-0.05, 0) is 36.1 Å². The molecule has 1 aromatic heterocycles. The average Bonchev–Trinajstić information content (AvgIpc) is 2.61. The van der Waals surface area contributed by atoms with Crippen LogP contribution in [0.5, 0.6) is 0 Å². The van der Waals surface area contributed by atoms with Crippen LogP contribution in [0.1, 0.15) is 18.5 Å². The zero-order chi connectivity index (χ0) is 16.5. The molecule has 1 fully saturated rings. The van der Waals surface area contributed by atoms with Crippen molar-refractivity contribution < 1.29 is 4.74 Å². The summed E-state index contributed by atoms with van der Waals surface area (Å²) in [6.07, 6.45) is 0.176. The van der Waals surface area contributed by atoms with E-state index in [-0.39, 0.29) is 17.7 Å². The van der Waals surface area contributed by atoms with Crippen LogP contribution in [0.3, 0.4) is 0 Å². The molecule has 1 saturated heterocycles. The van der Waals surface area contributed by atoms with Gasteiger partial charge >= 0.3 is 0 Å². The molecule has 2 atom stereocenters. The molecule has 2 aromatic carbocycles. The first-order chi connectivity index (χ1) is 11.7. The summed E-state index contributed by atoms with van der Waals surface area (Å²) < 4.78 is 5.90. The Labute approximate surface area is 140 Å². The Balaban J connectivity index is 1.77. The summed E-state index contributed by atoms with van der Waals surface area (Å²) >= 11 is 0. The van der Waals surface area contributed by atoms with Gasteiger partial charge in [-0.25, -0.2) is 0 Å². The highest BCUT2D eigenvalue weighted by molar-refractivity contribution is 5.82. The molecule has 4 nitrogen and oxygen atoms in total. The van der Waals surface area contributed by atoms with Crippen LogP contribution in [0.25, 0.3) is 10.9 Å². The molecular formula is C20H20N2O2. The highest BCUT2D eigenvalue weighted by Gasteiger charge is 2.28. The maximum absolute atomic E-state index is 11.6. The largest absolute Gasteiger partial charge is 0.374 e. The number of nitrogens with zero attached hydrogens (tertiary/aromatic N) is 1. The van der Waals surface area contributed by atoms with E-state index in [4.69, 9.17) is 4.74 Å². The van der Waals surface area contributed by atoms with E-state index in [2.05, 4.69) is 59.3 Å². The van der Waals surface area contributed by atoms with Crippen molar-refractivity contribution in [2.24, 2.45) is 0 Å². The summed E-state index contributed by atoms with van der Waals surface area (Å²) in [5.41, 5.74) is 3.14. The number of aromatic nitrogens is 1. The highest BCUT2D eigenvalue weighted by atomic mass is 16.5. The normalized spacial score (nSPS) is 21.1. The van der Waals surface area contributed by atoms with E-state index in [9.17, 15) is 4.79 Å². The number of fused-ring (bicyclic) bond motifs is 1. The van der Waals surface area contributed by atoms with Crippen LogP contribution in [0, 0.1) is 0 Å². The lowest BCUT2D eigenvalue weighted by Crippen LogP contribution is -2.43. The quantitative estimate of drug-likeness (QED) is 0.786. The number of morpholine rings is 1. The van der Waals surface area contributed by atoms with Crippen molar-refractivity contribution in [2.45, 2.75) is 19.1 Å². The van der Waals surface area contributed by atoms with Crippen LogP contribution in [-0.4, -0.2) is 24.2 Å². The van der Waals surface area contributed by atoms with Crippen LogP contribution in [0.15, 0.2) is 65.5 Å². The number of anilines is 1. The Morgan fingerprint density at radius 2 is 1.88 bits per heavy atom. The van der Waals surface area contributed by atoms with Gasteiger partial charge in [0, 0.05) is 18.3 Å². The van der Waals surface area contributed by atoms with Crippen LogP contribution in [0.2, 0.25) is 0 Å². The molecule has 0 unspecified atom stereocenters. The minimum atomic E-state index is -0.0744. The molecule has 0 spiro atoms. The van der Waals surface area contributed by atoms with Crippen molar-refractivity contribution in [1.29, 1.82) is 0 Å². The summed E-state index contributed by atoms with van der Waals surface area (Å²) in [6, 6.07) is 20.3. The topological polar surface area (TPSA) is 45.3 Å². The number of rotatable bonds is 2. The highest BCUT2D eigenvalue weighted by Crippen LogP contribution is 2.32. The molecule has 0 amide bonds. The third-order valence-electron chi connectivity index (χ3n) is 4.59. The second-order valence-electron chi connectivity index (χ2n) is 6.32. The van der Waals surface area contributed by atoms with Gasteiger partial charge in [-0.15, -0.1) is 0 Å². The minimum absolute atomic E-state index is 0.0744. The van der Waals surface area contributed by atoms with Gasteiger partial charge in [0.15, 0.2) is 0 Å². The van der Waals surface area contributed by atoms with Gasteiger partial charge in [0.2, 0.25) is 5.56 Å². The summed E-state index contributed by atoms with van der Waals surface area (Å²) in [5, 5.41) is 1.04. The van der Waals surface area contributed by atoms with Crippen molar-refractivity contribution in [3.8, 4) is 0 Å². The Hall–Kier alpha value is -2.59. The fraction of sp³-hybridized carbons (Fsp3) is 0.250. The summed E-state index contributed by atoms with van der Waals surface area (Å²) in [7, 11) is 0. The molecule has 2 heterocycles. The van der Waals surface area contributed by atoms with Crippen molar-refractivity contribution in [3.63, 3.8) is 0 Å². The predicted octanol–water partition coefficient (Wildman–Crippen LogP) is 3.49. The van der Waals surface area contributed by atoms with Gasteiger partial charge in [0.25, 0.3) is 0 Å². The third kappa shape index (κ3) is 2.81. The summed E-state index contributed by atoms with van der Waals surface area (Å²) in [5.74, 6) is 0. The fourth-order valence-corrected chi connectivity index (χ4v) is 3.36. The van der Waals surface area contributed by atoms with Crippen LogP contribution >= 0.6 is 0 Å². The fourth-order valence-electron chi connectivity index (χ4n) is 3.36. The van der Waals surface area contributed by atoms with Gasteiger partial charge in [-0.3, -0.25) is 4.79 Å². The number of hydrogen-bond acceptors (Lipinski definition) is 3. The Bertz CT molecular complexity index is 904. The van der Waals surface area contributed by atoms with E-state index >= 15 is 0 Å². The number of ether oxygens (including phenoxy) is 1. The molecule has 0 aliphatic carbocycles. The molecule has 0 radical (unpaired) electrons. The van der Waals surface area contributed by atoms with Gasteiger partial charge < -0.3 is 14.6 Å². The van der Waals surface area contributed by atoms with Crippen molar-refractivity contribution in [1.82, 2.24) is 4.98 Å². The van der Waals surface area contributed by atoms with Gasteiger partial charge in [-0.2, -0.15) is 0 Å². The van der Waals surface area contributed by atoms with Crippen molar-refractivity contribution in [3.05, 3.63) is 76.6 Å². The molecule has 1 aliphatic rings. The molecular weight excluding hydrogens is 300 g/mol. The van der Waals surface area contributed by atoms with Gasteiger partial charge in [0.1, 0.15) is 0 Å². The van der Waals surface area contributed by atoms with Crippen LogP contribution in [-0.2, 0) is 4.74 Å². The summed E-state index contributed by atoms with van der Waals surface area (Å²) in [6.45, 7) is 3.58. The molecule has 1 N–H and O–H groups in total. The maximum atomic E-state index is 11.6. The smallest absolute Gasteiger partial charge is 0.248 e. The molecule has 0 saturated carbocycles. The summed E-state index contributed by atoms with van der Waals surface area (Å²) in [4.78, 5) is 16.9. The number of benzene rings is 2. The number of aromatic amines is 1. The minimum Gasteiger partial charge on any atom is -0.374 e.